The molecule has 1 atom stereocenters. The molecule has 1 fully saturated rings. The van der Waals surface area contributed by atoms with Gasteiger partial charge in [0.05, 0.1) is 18.7 Å². The van der Waals surface area contributed by atoms with E-state index in [0.717, 1.165) is 36.6 Å². The first-order valence-corrected chi connectivity index (χ1v) is 10.2. The molecule has 1 unspecified atom stereocenters. The molecule has 2 aromatic rings. The van der Waals surface area contributed by atoms with Crippen molar-refractivity contribution in [3.8, 4) is 5.75 Å². The number of hydrogen-bond donors (Lipinski definition) is 3. The molecule has 9 heteroatoms. The van der Waals surface area contributed by atoms with Gasteiger partial charge in [-0.25, -0.2) is 4.98 Å². The maximum Gasteiger partial charge on any atom is 0.239 e. The van der Waals surface area contributed by atoms with Crippen LogP contribution in [0.25, 0.3) is 0 Å². The van der Waals surface area contributed by atoms with Gasteiger partial charge in [-0.05, 0) is 36.2 Å². The van der Waals surface area contributed by atoms with E-state index in [1.807, 2.05) is 36.4 Å². The number of carbonyl (C=O) groups excluding carboxylic acids is 1. The molecule has 0 saturated carbocycles. The average Bonchev–Trinajstić information content (AvgIpc) is 3.24. The summed E-state index contributed by atoms with van der Waals surface area (Å²) in [6, 6.07) is 11.4. The SMILES string of the molecule is CN=C(NCC(=O)NCc1ccc(OC)cc1)NC1CCN(c2ncccc2Cl)C1. The molecule has 0 bridgehead atoms. The first-order valence-electron chi connectivity index (χ1n) is 9.81. The number of amides is 1. The van der Waals surface area contributed by atoms with Gasteiger partial charge in [-0.2, -0.15) is 0 Å². The second kappa shape index (κ2) is 10.7. The summed E-state index contributed by atoms with van der Waals surface area (Å²) >= 11 is 6.25. The minimum Gasteiger partial charge on any atom is -0.497 e. The smallest absolute Gasteiger partial charge is 0.239 e. The minimum atomic E-state index is -0.109. The Morgan fingerprint density at radius 3 is 2.80 bits per heavy atom. The van der Waals surface area contributed by atoms with Gasteiger partial charge in [-0.15, -0.1) is 0 Å². The van der Waals surface area contributed by atoms with Crippen molar-refractivity contribution < 1.29 is 9.53 Å². The Hall–Kier alpha value is -3.00. The van der Waals surface area contributed by atoms with Gasteiger partial charge in [0, 0.05) is 38.9 Å². The van der Waals surface area contributed by atoms with Crippen LogP contribution in [0.5, 0.6) is 5.75 Å². The summed E-state index contributed by atoms with van der Waals surface area (Å²) in [6.07, 6.45) is 2.67. The molecule has 160 valence electrons. The molecule has 1 amide bonds. The van der Waals surface area contributed by atoms with Gasteiger partial charge in [0.2, 0.25) is 5.91 Å². The Kier molecular flexibility index (Phi) is 7.73. The van der Waals surface area contributed by atoms with Gasteiger partial charge < -0.3 is 25.6 Å². The Balaban J connectivity index is 1.41. The van der Waals surface area contributed by atoms with Crippen LogP contribution >= 0.6 is 11.6 Å². The number of pyridine rings is 1. The normalized spacial score (nSPS) is 16.3. The number of halogens is 1. The number of hydrogen-bond acceptors (Lipinski definition) is 5. The van der Waals surface area contributed by atoms with E-state index in [-0.39, 0.29) is 18.5 Å². The lowest BCUT2D eigenvalue weighted by Gasteiger charge is -2.20. The maximum atomic E-state index is 12.2. The molecule has 0 spiro atoms. The highest BCUT2D eigenvalue weighted by molar-refractivity contribution is 6.32. The number of carbonyl (C=O) groups is 1. The average molecular weight is 431 g/mol. The van der Waals surface area contributed by atoms with Crippen molar-refractivity contribution in [1.29, 1.82) is 0 Å². The summed E-state index contributed by atoms with van der Waals surface area (Å²) < 4.78 is 5.13. The van der Waals surface area contributed by atoms with Crippen molar-refractivity contribution in [3.05, 3.63) is 53.2 Å². The number of aromatic nitrogens is 1. The number of ether oxygens (including phenoxy) is 1. The largest absolute Gasteiger partial charge is 0.497 e. The zero-order chi connectivity index (χ0) is 21.3. The number of benzene rings is 1. The fourth-order valence-electron chi connectivity index (χ4n) is 3.24. The van der Waals surface area contributed by atoms with Crippen LogP contribution in [0.4, 0.5) is 5.82 Å². The predicted molar refractivity (Wildman–Crippen MR) is 119 cm³/mol. The third-order valence-electron chi connectivity index (χ3n) is 4.86. The van der Waals surface area contributed by atoms with Crippen LogP contribution in [0.1, 0.15) is 12.0 Å². The standard InChI is InChI=1S/C21H27ClN6O2/c1-23-21(26-13-19(29)25-12-15-5-7-17(30-2)8-6-15)27-16-9-11-28(14-16)20-18(22)4-3-10-24-20/h3-8,10,16H,9,11-14H2,1-2H3,(H,25,29)(H2,23,26,27). The molecule has 0 aliphatic carbocycles. The Morgan fingerprint density at radius 2 is 2.10 bits per heavy atom. The Morgan fingerprint density at radius 1 is 1.30 bits per heavy atom. The number of anilines is 1. The highest BCUT2D eigenvalue weighted by Crippen LogP contribution is 2.25. The number of nitrogens with zero attached hydrogens (tertiary/aromatic N) is 3. The second-order valence-corrected chi connectivity index (χ2v) is 7.34. The third-order valence-corrected chi connectivity index (χ3v) is 5.15. The fourth-order valence-corrected chi connectivity index (χ4v) is 3.48. The third kappa shape index (κ3) is 6.00. The summed E-state index contributed by atoms with van der Waals surface area (Å²) in [5.74, 6) is 2.07. The molecule has 1 aromatic heterocycles. The number of nitrogens with one attached hydrogen (secondary N) is 3. The molecule has 1 aliphatic rings. The van der Waals surface area contributed by atoms with Crippen LogP contribution in [0.15, 0.2) is 47.6 Å². The number of methoxy groups -OCH3 is 1. The zero-order valence-corrected chi connectivity index (χ0v) is 17.9. The van der Waals surface area contributed by atoms with Gasteiger partial charge in [0.15, 0.2) is 5.96 Å². The van der Waals surface area contributed by atoms with Crippen molar-refractivity contribution >= 4 is 29.3 Å². The van der Waals surface area contributed by atoms with E-state index in [1.165, 1.54) is 0 Å². The van der Waals surface area contributed by atoms with E-state index in [4.69, 9.17) is 16.3 Å². The number of aliphatic imine (C=N–C) groups is 1. The highest BCUT2D eigenvalue weighted by Gasteiger charge is 2.25. The molecule has 1 aromatic carbocycles. The van der Waals surface area contributed by atoms with Crippen molar-refractivity contribution in [2.45, 2.75) is 19.0 Å². The van der Waals surface area contributed by atoms with E-state index < -0.39 is 0 Å². The predicted octanol–water partition coefficient (Wildman–Crippen LogP) is 1.80. The first-order chi connectivity index (χ1) is 14.6. The quantitative estimate of drug-likeness (QED) is 0.458. The number of rotatable bonds is 7. The van der Waals surface area contributed by atoms with Gasteiger partial charge in [0.1, 0.15) is 11.6 Å². The van der Waals surface area contributed by atoms with Crippen LogP contribution in [-0.4, -0.2) is 56.7 Å². The van der Waals surface area contributed by atoms with Crippen LogP contribution in [-0.2, 0) is 11.3 Å². The summed E-state index contributed by atoms with van der Waals surface area (Å²) in [4.78, 5) is 22.9. The monoisotopic (exact) mass is 430 g/mol. The molecular weight excluding hydrogens is 404 g/mol. The minimum absolute atomic E-state index is 0.109. The lowest BCUT2D eigenvalue weighted by atomic mass is 10.2. The van der Waals surface area contributed by atoms with E-state index in [0.29, 0.717) is 17.5 Å². The fraction of sp³-hybridized carbons (Fsp3) is 0.381. The summed E-state index contributed by atoms with van der Waals surface area (Å²) in [5.41, 5.74) is 1.01. The lowest BCUT2D eigenvalue weighted by molar-refractivity contribution is -0.120. The highest BCUT2D eigenvalue weighted by atomic mass is 35.5. The summed E-state index contributed by atoms with van der Waals surface area (Å²) in [6.45, 7) is 2.21. The van der Waals surface area contributed by atoms with Gasteiger partial charge >= 0.3 is 0 Å². The van der Waals surface area contributed by atoms with Crippen molar-refractivity contribution in [3.63, 3.8) is 0 Å². The van der Waals surface area contributed by atoms with E-state index in [9.17, 15) is 4.79 Å². The van der Waals surface area contributed by atoms with Gasteiger partial charge in [-0.3, -0.25) is 9.79 Å². The molecule has 8 nitrogen and oxygen atoms in total. The molecule has 2 heterocycles. The van der Waals surface area contributed by atoms with Crippen molar-refractivity contribution in [2.24, 2.45) is 4.99 Å². The lowest BCUT2D eigenvalue weighted by Crippen LogP contribution is -2.47. The van der Waals surface area contributed by atoms with Crippen LogP contribution in [0.2, 0.25) is 5.02 Å². The van der Waals surface area contributed by atoms with Crippen LogP contribution < -0.4 is 25.6 Å². The van der Waals surface area contributed by atoms with E-state index >= 15 is 0 Å². The summed E-state index contributed by atoms with van der Waals surface area (Å²) in [5, 5.41) is 9.96. The molecule has 1 aliphatic heterocycles. The molecular formula is C21H27ClN6O2. The van der Waals surface area contributed by atoms with E-state index in [1.54, 1.807) is 20.4 Å². The first kappa shape index (κ1) is 21.7. The molecule has 1 saturated heterocycles. The molecule has 3 rings (SSSR count). The van der Waals surface area contributed by atoms with E-state index in [2.05, 4.69) is 30.8 Å². The molecule has 30 heavy (non-hydrogen) atoms. The Labute approximate surface area is 181 Å². The Bertz CT molecular complexity index is 874. The molecule has 3 N–H and O–H groups in total. The maximum absolute atomic E-state index is 12.2. The van der Waals surface area contributed by atoms with Crippen molar-refractivity contribution in [2.75, 3.05) is 38.7 Å². The summed E-state index contributed by atoms with van der Waals surface area (Å²) in [7, 11) is 3.31. The van der Waals surface area contributed by atoms with Crippen molar-refractivity contribution in [1.82, 2.24) is 20.9 Å². The van der Waals surface area contributed by atoms with Crippen LogP contribution in [0.3, 0.4) is 0 Å². The van der Waals surface area contributed by atoms with Gasteiger partial charge in [0.25, 0.3) is 0 Å². The zero-order valence-electron chi connectivity index (χ0n) is 17.2. The number of guanidine groups is 1. The van der Waals surface area contributed by atoms with Gasteiger partial charge in [-0.1, -0.05) is 23.7 Å². The topological polar surface area (TPSA) is 90.9 Å². The molecule has 0 radical (unpaired) electrons. The second-order valence-electron chi connectivity index (χ2n) is 6.94. The van der Waals surface area contributed by atoms with Crippen LogP contribution in [0, 0.1) is 0 Å².